The molecule has 1 atom stereocenters. The number of nitrogens with one attached hydrogen (secondary N) is 2. The monoisotopic (exact) mass is 422 g/mol. The lowest BCUT2D eigenvalue weighted by Crippen LogP contribution is -2.59. The molecular weight excluding hydrogens is 404 g/mol. The summed E-state index contributed by atoms with van der Waals surface area (Å²) in [6.45, 7) is 0.244. The van der Waals surface area contributed by atoms with E-state index in [1.54, 1.807) is 12.3 Å². The van der Waals surface area contributed by atoms with Crippen molar-refractivity contribution in [2.75, 3.05) is 12.4 Å². The van der Waals surface area contributed by atoms with Gasteiger partial charge in [-0.3, -0.25) is 4.68 Å². The van der Waals surface area contributed by atoms with Crippen LogP contribution < -0.4 is 10.6 Å². The van der Waals surface area contributed by atoms with Crippen molar-refractivity contribution in [2.45, 2.75) is 37.7 Å². The van der Waals surface area contributed by atoms with Crippen LogP contribution in [0.25, 0.3) is 0 Å². The minimum Gasteiger partial charge on any atom is -0.378 e. The second kappa shape index (κ2) is 7.32. The van der Waals surface area contributed by atoms with Gasteiger partial charge in [-0.05, 0) is 31.0 Å². The smallest absolute Gasteiger partial charge is 0.378 e. The molecule has 158 valence electrons. The summed E-state index contributed by atoms with van der Waals surface area (Å²) in [4.78, 5) is 12.1. The van der Waals surface area contributed by atoms with Crippen LogP contribution in [-0.4, -0.2) is 29.1 Å². The summed E-state index contributed by atoms with van der Waals surface area (Å²) in [6, 6.07) is 2.61. The molecule has 1 aromatic carbocycles. The number of anilines is 1. The Morgan fingerprint density at radius 1 is 1.37 bits per heavy atom. The van der Waals surface area contributed by atoms with E-state index in [9.17, 15) is 22.4 Å². The molecule has 1 aliphatic carbocycles. The molecule has 2 amide bonds. The predicted octanol–water partition coefficient (Wildman–Crippen LogP) is 3.52. The molecule has 1 fully saturated rings. The number of ether oxygens (including phenoxy) is 1. The summed E-state index contributed by atoms with van der Waals surface area (Å²) in [5.41, 5.74) is -2.87. The molecule has 6 nitrogen and oxygen atoms in total. The number of urea groups is 1. The van der Waals surface area contributed by atoms with Crippen molar-refractivity contribution in [1.29, 1.82) is 0 Å². The van der Waals surface area contributed by atoms with Crippen molar-refractivity contribution in [3.8, 4) is 11.8 Å². The van der Waals surface area contributed by atoms with Crippen molar-refractivity contribution in [2.24, 2.45) is 5.92 Å². The number of hydrogen-bond acceptors (Lipinski definition) is 3. The van der Waals surface area contributed by atoms with Crippen LogP contribution in [0, 0.1) is 23.6 Å². The summed E-state index contributed by atoms with van der Waals surface area (Å²) >= 11 is 0. The number of fused-ring (bicyclic) bond motifs is 1. The molecule has 0 radical (unpaired) electrons. The maximum absolute atomic E-state index is 14.8. The molecule has 1 aromatic heterocycles. The summed E-state index contributed by atoms with van der Waals surface area (Å²) in [7, 11) is 1.51. The van der Waals surface area contributed by atoms with E-state index in [-0.39, 0.29) is 30.3 Å². The van der Waals surface area contributed by atoms with Gasteiger partial charge in [0, 0.05) is 36.0 Å². The first-order chi connectivity index (χ1) is 14.2. The van der Waals surface area contributed by atoms with Gasteiger partial charge in [-0.1, -0.05) is 11.8 Å². The number of hydrogen-bond donors (Lipinski definition) is 2. The summed E-state index contributed by atoms with van der Waals surface area (Å²) in [6.07, 6.45) is -1.91. The van der Waals surface area contributed by atoms with Gasteiger partial charge in [-0.25, -0.2) is 9.18 Å². The zero-order chi connectivity index (χ0) is 21.5. The number of rotatable bonds is 4. The third-order valence-electron chi connectivity index (χ3n) is 4.93. The molecule has 1 saturated carbocycles. The van der Waals surface area contributed by atoms with E-state index < -0.39 is 29.1 Å². The quantitative estimate of drug-likeness (QED) is 0.585. The van der Waals surface area contributed by atoms with Crippen molar-refractivity contribution in [3.05, 3.63) is 47.0 Å². The lowest BCUT2D eigenvalue weighted by Gasteiger charge is -2.37. The third-order valence-corrected chi connectivity index (χ3v) is 4.93. The molecule has 0 spiro atoms. The maximum Gasteiger partial charge on any atom is 0.427 e. The lowest BCUT2D eigenvalue weighted by atomic mass is 9.85. The summed E-state index contributed by atoms with van der Waals surface area (Å²) in [5.74, 6) is 3.77. The average molecular weight is 422 g/mol. The van der Waals surface area contributed by atoms with Crippen LogP contribution in [0.15, 0.2) is 24.4 Å². The van der Waals surface area contributed by atoms with Crippen LogP contribution >= 0.6 is 0 Å². The highest BCUT2D eigenvalue weighted by Crippen LogP contribution is 2.45. The van der Waals surface area contributed by atoms with E-state index in [0.29, 0.717) is 18.5 Å². The van der Waals surface area contributed by atoms with Gasteiger partial charge < -0.3 is 15.4 Å². The van der Waals surface area contributed by atoms with E-state index in [1.165, 1.54) is 17.9 Å². The molecule has 2 N–H and O–H groups in total. The second-order valence-electron chi connectivity index (χ2n) is 7.30. The number of benzene rings is 1. The fourth-order valence-corrected chi connectivity index (χ4v) is 3.27. The number of amides is 2. The maximum atomic E-state index is 14.8. The number of carbonyl (C=O) groups excluding carboxylic acids is 1. The molecule has 2 aliphatic rings. The fraction of sp³-hybridized carbons (Fsp3) is 0.400. The van der Waals surface area contributed by atoms with Gasteiger partial charge in [0.2, 0.25) is 5.54 Å². The molecule has 2 heterocycles. The van der Waals surface area contributed by atoms with Gasteiger partial charge in [-0.15, -0.1) is 0 Å². The van der Waals surface area contributed by atoms with Crippen molar-refractivity contribution >= 4 is 11.7 Å². The first kappa shape index (κ1) is 20.2. The van der Waals surface area contributed by atoms with Gasteiger partial charge in [0.1, 0.15) is 5.82 Å². The van der Waals surface area contributed by atoms with E-state index in [4.69, 9.17) is 4.74 Å². The molecule has 0 saturated heterocycles. The molecular formula is C20H18F4N4O2. The Balaban J connectivity index is 1.75. The number of nitrogens with zero attached hydrogens (tertiary/aromatic N) is 2. The highest BCUT2D eigenvalue weighted by molar-refractivity contribution is 5.95. The van der Waals surface area contributed by atoms with E-state index in [0.717, 1.165) is 6.07 Å². The first-order valence-electron chi connectivity index (χ1n) is 9.24. The Morgan fingerprint density at radius 2 is 2.13 bits per heavy atom. The van der Waals surface area contributed by atoms with Gasteiger partial charge in [0.15, 0.2) is 0 Å². The average Bonchev–Trinajstić information content (AvgIpc) is 3.39. The van der Waals surface area contributed by atoms with Crippen LogP contribution in [0.3, 0.4) is 0 Å². The van der Waals surface area contributed by atoms with Crippen LogP contribution in [0.1, 0.15) is 29.7 Å². The standard InChI is InChI=1S/C20H18F4N4O2/c1-30-11-14-5-7-28(27-14)10-13-8-17-15(9-16(13)21)19(20(22,23)24,26-18(29)25-17)6-4-12-2-3-12/h5,7-9,12H,2-3,10-11H2,1H3,(H2,25,26,29)/t19-/m0/s1. The van der Waals surface area contributed by atoms with Gasteiger partial charge in [-0.2, -0.15) is 18.3 Å². The molecule has 2 aromatic rings. The molecule has 4 rings (SSSR count). The highest BCUT2D eigenvalue weighted by atomic mass is 19.4. The first-order valence-corrected chi connectivity index (χ1v) is 9.24. The molecule has 1 aliphatic heterocycles. The number of aromatic nitrogens is 2. The summed E-state index contributed by atoms with van der Waals surface area (Å²) in [5, 5.41) is 8.42. The van der Waals surface area contributed by atoms with Crippen molar-refractivity contribution < 1.29 is 27.1 Å². The zero-order valence-corrected chi connectivity index (χ0v) is 15.9. The zero-order valence-electron chi connectivity index (χ0n) is 15.9. The van der Waals surface area contributed by atoms with Gasteiger partial charge in [0.05, 0.1) is 18.8 Å². The Labute approximate surface area is 169 Å². The van der Waals surface area contributed by atoms with Crippen molar-refractivity contribution in [1.82, 2.24) is 15.1 Å². The highest BCUT2D eigenvalue weighted by Gasteiger charge is 2.59. The molecule has 0 bridgehead atoms. The van der Waals surface area contributed by atoms with Gasteiger partial charge in [0.25, 0.3) is 0 Å². The van der Waals surface area contributed by atoms with Crippen LogP contribution in [-0.2, 0) is 23.4 Å². The Kier molecular flexibility index (Phi) is 4.94. The normalized spacial score (nSPS) is 20.6. The number of alkyl halides is 3. The van der Waals surface area contributed by atoms with Gasteiger partial charge >= 0.3 is 12.2 Å². The van der Waals surface area contributed by atoms with E-state index >= 15 is 0 Å². The van der Waals surface area contributed by atoms with Crippen molar-refractivity contribution in [3.63, 3.8) is 0 Å². The molecule has 30 heavy (non-hydrogen) atoms. The SMILES string of the molecule is COCc1ccn(Cc2cc3c(cc2F)[C@@](C#CC2CC2)(C(F)(F)F)NC(=O)N3)n1. The second-order valence-corrected chi connectivity index (χ2v) is 7.30. The largest absolute Gasteiger partial charge is 0.427 e. The Bertz CT molecular complexity index is 1050. The Hall–Kier alpha value is -3.06. The van der Waals surface area contributed by atoms with Crippen LogP contribution in [0.4, 0.5) is 28.0 Å². The lowest BCUT2D eigenvalue weighted by molar-refractivity contribution is -0.178. The van der Waals surface area contributed by atoms with E-state index in [1.807, 2.05) is 5.32 Å². The Morgan fingerprint density at radius 3 is 2.80 bits per heavy atom. The summed E-state index contributed by atoms with van der Waals surface area (Å²) < 4.78 is 63.5. The predicted molar refractivity (Wildman–Crippen MR) is 98.8 cm³/mol. The minimum atomic E-state index is -4.94. The number of methoxy groups -OCH3 is 1. The molecule has 0 unspecified atom stereocenters. The number of carbonyl (C=O) groups is 1. The number of halogens is 4. The molecule has 10 heteroatoms. The van der Waals surface area contributed by atoms with Crippen LogP contribution in [0.2, 0.25) is 0 Å². The topological polar surface area (TPSA) is 68.2 Å². The third kappa shape index (κ3) is 3.73. The fourth-order valence-electron chi connectivity index (χ4n) is 3.27. The van der Waals surface area contributed by atoms with E-state index in [2.05, 4.69) is 22.3 Å². The minimum absolute atomic E-state index is 0.0289. The van der Waals surface area contributed by atoms with Crippen LogP contribution in [0.5, 0.6) is 0 Å².